The maximum atomic E-state index is 12.2. The Morgan fingerprint density at radius 3 is 2.36 bits per heavy atom. The first kappa shape index (κ1) is 17.8. The number of ether oxygens (including phenoxy) is 1. The van der Waals surface area contributed by atoms with Crippen LogP contribution in [-0.4, -0.2) is 36.5 Å². The molecule has 0 bridgehead atoms. The van der Waals surface area contributed by atoms with Gasteiger partial charge in [0.05, 0.1) is 0 Å². The van der Waals surface area contributed by atoms with E-state index in [4.69, 9.17) is 4.74 Å². The molecule has 1 saturated heterocycles. The van der Waals surface area contributed by atoms with Gasteiger partial charge in [-0.3, -0.25) is 4.79 Å². The molecule has 1 saturated carbocycles. The number of likely N-dealkylation sites (tertiary alicyclic amines) is 1. The molecule has 0 aromatic heterocycles. The van der Waals surface area contributed by atoms with E-state index in [1.165, 1.54) is 25.7 Å². The van der Waals surface area contributed by atoms with Gasteiger partial charge in [0.25, 0.3) is 0 Å². The van der Waals surface area contributed by atoms with E-state index >= 15 is 0 Å². The summed E-state index contributed by atoms with van der Waals surface area (Å²) < 4.78 is 5.38. The summed E-state index contributed by atoms with van der Waals surface area (Å²) in [7, 11) is 0. The predicted octanol–water partition coefficient (Wildman–Crippen LogP) is 3.59. The van der Waals surface area contributed by atoms with Crippen molar-refractivity contribution in [3.8, 4) is 5.75 Å². The van der Waals surface area contributed by atoms with E-state index in [0.717, 1.165) is 19.4 Å². The van der Waals surface area contributed by atoms with Crippen molar-refractivity contribution in [2.45, 2.75) is 44.9 Å². The van der Waals surface area contributed by atoms with Crippen molar-refractivity contribution >= 4 is 12.0 Å². The second-order valence-electron chi connectivity index (χ2n) is 7.27. The Kier molecular flexibility index (Phi) is 6.31. The van der Waals surface area contributed by atoms with E-state index in [9.17, 15) is 9.59 Å². The molecule has 1 heterocycles. The molecule has 0 radical (unpaired) electrons. The van der Waals surface area contributed by atoms with Gasteiger partial charge < -0.3 is 15.0 Å². The number of hydrogen-bond donors (Lipinski definition) is 1. The van der Waals surface area contributed by atoms with Gasteiger partial charge in [-0.2, -0.15) is 0 Å². The SMILES string of the molecule is O=C(CC1CCCC1)NCC1CCN(C(=O)Oc2ccccc2)CC1. The quantitative estimate of drug-likeness (QED) is 0.888. The second kappa shape index (κ2) is 8.88. The Morgan fingerprint density at radius 1 is 1.00 bits per heavy atom. The Bertz CT molecular complexity index is 562. The number of hydrogen-bond acceptors (Lipinski definition) is 3. The van der Waals surface area contributed by atoms with Gasteiger partial charge in [0.1, 0.15) is 5.75 Å². The molecule has 136 valence electrons. The Labute approximate surface area is 149 Å². The number of piperidine rings is 1. The summed E-state index contributed by atoms with van der Waals surface area (Å²) in [5.41, 5.74) is 0. The largest absolute Gasteiger partial charge is 0.415 e. The molecule has 1 aliphatic heterocycles. The van der Waals surface area contributed by atoms with Gasteiger partial charge in [0.15, 0.2) is 0 Å². The lowest BCUT2D eigenvalue weighted by atomic mass is 9.96. The van der Waals surface area contributed by atoms with Crippen molar-refractivity contribution < 1.29 is 14.3 Å². The number of benzene rings is 1. The maximum absolute atomic E-state index is 12.2. The lowest BCUT2D eigenvalue weighted by Gasteiger charge is -2.31. The van der Waals surface area contributed by atoms with Crippen molar-refractivity contribution in [2.75, 3.05) is 19.6 Å². The van der Waals surface area contributed by atoms with Crippen molar-refractivity contribution in [1.82, 2.24) is 10.2 Å². The van der Waals surface area contributed by atoms with E-state index < -0.39 is 0 Å². The fraction of sp³-hybridized carbons (Fsp3) is 0.600. The van der Waals surface area contributed by atoms with Crippen molar-refractivity contribution in [1.29, 1.82) is 0 Å². The van der Waals surface area contributed by atoms with Crippen molar-refractivity contribution in [2.24, 2.45) is 11.8 Å². The number of carbonyl (C=O) groups excluding carboxylic acids is 2. The topological polar surface area (TPSA) is 58.6 Å². The second-order valence-corrected chi connectivity index (χ2v) is 7.27. The first-order valence-electron chi connectivity index (χ1n) is 9.49. The molecular weight excluding hydrogens is 316 g/mol. The monoisotopic (exact) mass is 344 g/mol. The Morgan fingerprint density at radius 2 is 1.68 bits per heavy atom. The van der Waals surface area contributed by atoms with Gasteiger partial charge in [-0.25, -0.2) is 4.79 Å². The zero-order valence-electron chi connectivity index (χ0n) is 14.8. The Hall–Kier alpha value is -2.04. The minimum absolute atomic E-state index is 0.192. The predicted molar refractivity (Wildman–Crippen MR) is 96.3 cm³/mol. The van der Waals surface area contributed by atoms with Crippen LogP contribution in [-0.2, 0) is 4.79 Å². The number of nitrogens with one attached hydrogen (secondary N) is 1. The van der Waals surface area contributed by atoms with Crippen LogP contribution in [0, 0.1) is 11.8 Å². The number of carbonyl (C=O) groups is 2. The summed E-state index contributed by atoms with van der Waals surface area (Å²) in [5.74, 6) is 1.81. The summed E-state index contributed by atoms with van der Waals surface area (Å²) in [5, 5.41) is 3.09. The van der Waals surface area contributed by atoms with Gasteiger partial charge >= 0.3 is 6.09 Å². The third-order valence-corrected chi connectivity index (χ3v) is 5.36. The van der Waals surface area contributed by atoms with E-state index in [1.54, 1.807) is 17.0 Å². The van der Waals surface area contributed by atoms with Crippen molar-refractivity contribution in [3.63, 3.8) is 0 Å². The molecule has 0 unspecified atom stereocenters. The van der Waals surface area contributed by atoms with Crippen LogP contribution in [0.4, 0.5) is 4.79 Å². The van der Waals surface area contributed by atoms with Crippen molar-refractivity contribution in [3.05, 3.63) is 30.3 Å². The highest BCUT2D eigenvalue weighted by molar-refractivity contribution is 5.76. The highest BCUT2D eigenvalue weighted by Gasteiger charge is 2.25. The van der Waals surface area contributed by atoms with Crippen LogP contribution < -0.4 is 10.1 Å². The van der Waals surface area contributed by atoms with Gasteiger partial charge in [0.2, 0.25) is 5.91 Å². The Balaban J connectivity index is 1.34. The van der Waals surface area contributed by atoms with E-state index in [1.807, 2.05) is 18.2 Å². The van der Waals surface area contributed by atoms with Crippen LogP contribution in [0.5, 0.6) is 5.75 Å². The van der Waals surface area contributed by atoms with E-state index in [-0.39, 0.29) is 12.0 Å². The normalized spacial score (nSPS) is 19.0. The summed E-state index contributed by atoms with van der Waals surface area (Å²) >= 11 is 0. The molecule has 5 heteroatoms. The molecule has 1 N–H and O–H groups in total. The van der Waals surface area contributed by atoms with Crippen LogP contribution in [0.3, 0.4) is 0 Å². The zero-order valence-corrected chi connectivity index (χ0v) is 14.8. The summed E-state index contributed by atoms with van der Waals surface area (Å²) in [6.07, 6.45) is 7.17. The molecule has 1 aromatic rings. The number of rotatable bonds is 5. The highest BCUT2D eigenvalue weighted by atomic mass is 16.6. The lowest BCUT2D eigenvalue weighted by Crippen LogP contribution is -2.42. The minimum atomic E-state index is -0.282. The molecule has 0 spiro atoms. The number of nitrogens with zero attached hydrogens (tertiary/aromatic N) is 1. The number of amides is 2. The molecule has 5 nitrogen and oxygen atoms in total. The van der Waals surface area contributed by atoms with Crippen LogP contribution in [0.1, 0.15) is 44.9 Å². The first-order chi connectivity index (χ1) is 12.2. The standard InChI is InChI=1S/C20H28N2O3/c23-19(14-16-6-4-5-7-16)21-15-17-10-12-22(13-11-17)20(24)25-18-8-2-1-3-9-18/h1-3,8-9,16-17H,4-7,10-15H2,(H,21,23). The fourth-order valence-corrected chi connectivity index (χ4v) is 3.78. The van der Waals surface area contributed by atoms with Crippen LogP contribution in [0.25, 0.3) is 0 Å². The average Bonchev–Trinajstić information content (AvgIpc) is 3.14. The van der Waals surface area contributed by atoms with Crippen LogP contribution in [0.2, 0.25) is 0 Å². The average molecular weight is 344 g/mol. The maximum Gasteiger partial charge on any atom is 0.415 e. The fourth-order valence-electron chi connectivity index (χ4n) is 3.78. The molecule has 0 atom stereocenters. The molecule has 1 aromatic carbocycles. The van der Waals surface area contributed by atoms with E-state index in [0.29, 0.717) is 37.1 Å². The summed E-state index contributed by atoms with van der Waals surface area (Å²) in [6.45, 7) is 2.11. The third kappa shape index (κ3) is 5.48. The van der Waals surface area contributed by atoms with Crippen LogP contribution >= 0.6 is 0 Å². The van der Waals surface area contributed by atoms with Gasteiger partial charge in [-0.05, 0) is 49.7 Å². The molecule has 2 amide bonds. The summed E-state index contributed by atoms with van der Waals surface area (Å²) in [6, 6.07) is 9.16. The zero-order chi connectivity index (χ0) is 17.5. The van der Waals surface area contributed by atoms with Crippen LogP contribution in [0.15, 0.2) is 30.3 Å². The minimum Gasteiger partial charge on any atom is -0.410 e. The van der Waals surface area contributed by atoms with Gasteiger partial charge in [-0.15, -0.1) is 0 Å². The third-order valence-electron chi connectivity index (χ3n) is 5.36. The molecule has 1 aliphatic carbocycles. The summed E-state index contributed by atoms with van der Waals surface area (Å²) in [4.78, 5) is 25.9. The molecule has 2 aliphatic rings. The lowest BCUT2D eigenvalue weighted by molar-refractivity contribution is -0.122. The number of para-hydroxylation sites is 1. The molecule has 3 rings (SSSR count). The smallest absolute Gasteiger partial charge is 0.410 e. The van der Waals surface area contributed by atoms with E-state index in [2.05, 4.69) is 5.32 Å². The molecule has 2 fully saturated rings. The molecular formula is C20H28N2O3. The highest BCUT2D eigenvalue weighted by Crippen LogP contribution is 2.27. The van der Waals surface area contributed by atoms with Gasteiger partial charge in [-0.1, -0.05) is 31.0 Å². The first-order valence-corrected chi connectivity index (χ1v) is 9.49. The van der Waals surface area contributed by atoms with Gasteiger partial charge in [0, 0.05) is 26.1 Å². The molecule has 25 heavy (non-hydrogen) atoms.